The van der Waals surface area contributed by atoms with Gasteiger partial charge in [0.2, 0.25) is 5.78 Å². The van der Waals surface area contributed by atoms with Gasteiger partial charge in [-0.1, -0.05) is 26.7 Å². The van der Waals surface area contributed by atoms with Crippen molar-refractivity contribution in [1.82, 2.24) is 9.80 Å². The highest BCUT2D eigenvalue weighted by atomic mass is 16.3. The molecule has 12 nitrogen and oxygen atoms in total. The predicted octanol–water partition coefficient (Wildman–Crippen LogP) is 1.51. The number of carbonyl (C=O) groups excluding carboxylic acids is 3. The van der Waals surface area contributed by atoms with Crippen LogP contribution >= 0.6 is 0 Å². The summed E-state index contributed by atoms with van der Waals surface area (Å²) in [6, 6.07) is 0.663. The largest absolute Gasteiger partial charge is 0.508 e. The fraction of sp³-hybridized carbons (Fsp3) is 0.594. The van der Waals surface area contributed by atoms with Crippen LogP contribution in [0.25, 0.3) is 5.76 Å². The summed E-state index contributed by atoms with van der Waals surface area (Å²) in [4.78, 5) is 45.5. The van der Waals surface area contributed by atoms with Crippen molar-refractivity contribution in [3.05, 3.63) is 39.7 Å². The number of aliphatic hydroxyl groups is 3. The van der Waals surface area contributed by atoms with E-state index in [1.165, 1.54) is 4.90 Å². The summed E-state index contributed by atoms with van der Waals surface area (Å²) < 4.78 is 0. The molecule has 4 atom stereocenters. The highest BCUT2D eigenvalue weighted by Crippen LogP contribution is 2.55. The van der Waals surface area contributed by atoms with Crippen LogP contribution in [-0.4, -0.2) is 106 Å². The molecule has 0 aromatic heterocycles. The number of phenols is 1. The second kappa shape index (κ2) is 12.2. The van der Waals surface area contributed by atoms with E-state index >= 15 is 0 Å². The number of likely N-dealkylation sites (N-methyl/N-ethyl adjacent to an activating group) is 1. The fourth-order valence-corrected chi connectivity index (χ4v) is 7.25. The highest BCUT2D eigenvalue weighted by molar-refractivity contribution is 6.24. The lowest BCUT2D eigenvalue weighted by molar-refractivity contribution is -0.154. The number of primary amides is 1. The number of rotatable bonds is 11. The Morgan fingerprint density at radius 2 is 1.64 bits per heavy atom. The van der Waals surface area contributed by atoms with E-state index in [4.69, 9.17) is 11.5 Å². The highest BCUT2D eigenvalue weighted by Gasteiger charge is 2.67. The van der Waals surface area contributed by atoms with Gasteiger partial charge in [0, 0.05) is 37.8 Å². The van der Waals surface area contributed by atoms with E-state index in [1.54, 1.807) is 14.1 Å². The smallest absolute Gasteiger partial charge is 0.255 e. The number of amides is 1. The Kier molecular flexibility index (Phi) is 9.24. The first kappa shape index (κ1) is 33.4. The van der Waals surface area contributed by atoms with Gasteiger partial charge < -0.3 is 36.8 Å². The van der Waals surface area contributed by atoms with Crippen LogP contribution in [-0.2, 0) is 27.3 Å². The normalized spacial score (nSPS) is 26.7. The van der Waals surface area contributed by atoms with Crippen molar-refractivity contribution in [2.75, 3.05) is 46.2 Å². The topological polar surface area (TPSA) is 194 Å². The number of unbranched alkanes of at least 4 members (excludes halogenated alkanes) is 2. The number of aromatic hydroxyl groups is 1. The third-order valence-electron chi connectivity index (χ3n) is 9.45. The van der Waals surface area contributed by atoms with Gasteiger partial charge in [-0.3, -0.25) is 24.2 Å². The van der Waals surface area contributed by atoms with Gasteiger partial charge in [-0.2, -0.15) is 0 Å². The maximum atomic E-state index is 14.3. The minimum absolute atomic E-state index is 0.00171. The number of hydrogen-bond donors (Lipinski definition) is 6. The van der Waals surface area contributed by atoms with E-state index in [2.05, 4.69) is 18.7 Å². The number of carbonyl (C=O) groups is 3. The van der Waals surface area contributed by atoms with Crippen molar-refractivity contribution < 1.29 is 34.8 Å². The molecule has 4 rings (SSSR count). The van der Waals surface area contributed by atoms with Gasteiger partial charge in [-0.05, 0) is 64.5 Å². The number of anilines is 1. The minimum atomic E-state index is -2.76. The van der Waals surface area contributed by atoms with Crippen LogP contribution in [0.4, 0.5) is 5.69 Å². The second-order valence-corrected chi connectivity index (χ2v) is 13.0. The Balaban J connectivity index is 1.95. The molecular weight excluding hydrogens is 566 g/mol. The number of benzene rings is 1. The molecule has 1 unspecified atom stereocenters. The van der Waals surface area contributed by atoms with Crippen LogP contribution in [0, 0.1) is 5.92 Å². The van der Waals surface area contributed by atoms with Gasteiger partial charge in [0.15, 0.2) is 11.4 Å². The number of fused-ring (bicyclic) bond motifs is 3. The van der Waals surface area contributed by atoms with Gasteiger partial charge >= 0.3 is 0 Å². The molecular formula is C32H47N5O7. The van der Waals surface area contributed by atoms with E-state index in [1.807, 2.05) is 25.1 Å². The van der Waals surface area contributed by atoms with Gasteiger partial charge in [0.1, 0.15) is 22.8 Å². The Labute approximate surface area is 258 Å². The molecule has 242 valence electrons. The van der Waals surface area contributed by atoms with Crippen LogP contribution < -0.4 is 16.4 Å². The zero-order valence-corrected chi connectivity index (χ0v) is 26.6. The third-order valence-corrected chi connectivity index (χ3v) is 9.45. The molecule has 8 N–H and O–H groups in total. The molecule has 0 radical (unpaired) electrons. The van der Waals surface area contributed by atoms with Gasteiger partial charge in [0.05, 0.1) is 22.7 Å². The average Bonchev–Trinajstić information content (AvgIpc) is 2.92. The molecule has 0 bridgehead atoms. The maximum Gasteiger partial charge on any atom is 0.255 e. The molecule has 3 aliphatic rings. The number of phenolic OH excluding ortho intramolecular Hbond substituents is 1. The molecule has 0 saturated heterocycles. The van der Waals surface area contributed by atoms with Crippen LogP contribution in [0.2, 0.25) is 0 Å². The van der Waals surface area contributed by atoms with Crippen molar-refractivity contribution in [2.24, 2.45) is 17.4 Å². The number of hydrogen-bond acceptors (Lipinski definition) is 11. The van der Waals surface area contributed by atoms with Crippen LogP contribution in [0.5, 0.6) is 5.75 Å². The van der Waals surface area contributed by atoms with Crippen molar-refractivity contribution in [1.29, 1.82) is 0 Å². The number of ketones is 2. The standard InChI is InChI=1S/C32H47N5O7/c1-7-9-11-37(12-10-8-2)16-17-13-20(35(3)4)18-14-31(34)15-19-24(36(5)6)27(40)22(30(33)43)28(41)32(19,44)29(42)23(31)26(39)21(18)25(17)38/h13,19,24,38-39,41,44H,7-12,14-16,34H2,1-6H3,(H2,33,43)/t19-,24?,31+,32+/m0/s1. The minimum Gasteiger partial charge on any atom is -0.508 e. The van der Waals surface area contributed by atoms with Crippen LogP contribution in [0.3, 0.4) is 0 Å². The summed E-state index contributed by atoms with van der Waals surface area (Å²) >= 11 is 0. The Morgan fingerprint density at radius 3 is 2.14 bits per heavy atom. The summed E-state index contributed by atoms with van der Waals surface area (Å²) in [7, 11) is 6.76. The van der Waals surface area contributed by atoms with Crippen molar-refractivity contribution >= 4 is 28.9 Å². The van der Waals surface area contributed by atoms with Gasteiger partial charge in [-0.25, -0.2) is 0 Å². The summed E-state index contributed by atoms with van der Waals surface area (Å²) in [6.45, 7) is 6.30. The first-order valence-corrected chi connectivity index (χ1v) is 15.3. The summed E-state index contributed by atoms with van der Waals surface area (Å²) in [5, 5.41) is 46.5. The molecule has 1 fully saturated rings. The van der Waals surface area contributed by atoms with E-state index in [9.17, 15) is 34.8 Å². The third kappa shape index (κ3) is 5.17. The quantitative estimate of drug-likeness (QED) is 0.198. The molecule has 3 aliphatic carbocycles. The summed E-state index contributed by atoms with van der Waals surface area (Å²) in [5.41, 5.74) is 8.61. The Bertz CT molecular complexity index is 1430. The molecule has 0 spiro atoms. The monoisotopic (exact) mass is 613 g/mol. The lowest BCUT2D eigenvalue weighted by Gasteiger charge is -2.53. The molecule has 0 aliphatic heterocycles. The zero-order valence-electron chi connectivity index (χ0n) is 26.6. The number of Topliss-reactive ketones (excluding diaryl/α,β-unsaturated/α-hetero) is 2. The molecule has 12 heteroatoms. The molecule has 1 aromatic rings. The molecule has 44 heavy (non-hydrogen) atoms. The second-order valence-electron chi connectivity index (χ2n) is 13.0. The summed E-state index contributed by atoms with van der Waals surface area (Å²) in [6.07, 6.45) is 3.79. The van der Waals surface area contributed by atoms with Crippen LogP contribution in [0.1, 0.15) is 62.6 Å². The zero-order chi connectivity index (χ0) is 32.9. The van der Waals surface area contributed by atoms with Crippen molar-refractivity contribution in [3.63, 3.8) is 0 Å². The van der Waals surface area contributed by atoms with E-state index in [-0.39, 0.29) is 29.7 Å². The van der Waals surface area contributed by atoms with E-state index in [0.717, 1.165) is 38.8 Å². The van der Waals surface area contributed by atoms with Gasteiger partial charge in [0.25, 0.3) is 5.91 Å². The lowest BCUT2D eigenvalue weighted by Crippen LogP contribution is -2.70. The SMILES string of the molecule is CCCCN(CCCC)Cc1cc(N(C)C)c2c(c1O)C(O)=C1C(=O)[C@]3(O)C(O)=C(C(N)=O)C(=O)C(N(C)C)[C@@H]3C[C@]1(N)C2. The summed E-state index contributed by atoms with van der Waals surface area (Å²) in [5.74, 6) is -6.46. The Morgan fingerprint density at radius 1 is 1.05 bits per heavy atom. The maximum absolute atomic E-state index is 14.3. The van der Waals surface area contributed by atoms with Crippen molar-refractivity contribution in [2.45, 2.75) is 76.1 Å². The molecule has 1 saturated carbocycles. The first-order chi connectivity index (χ1) is 20.6. The number of nitrogens with zero attached hydrogens (tertiary/aromatic N) is 3. The molecule has 0 heterocycles. The van der Waals surface area contributed by atoms with Crippen molar-refractivity contribution in [3.8, 4) is 5.75 Å². The molecule has 1 aromatic carbocycles. The fourth-order valence-electron chi connectivity index (χ4n) is 7.25. The van der Waals surface area contributed by atoms with E-state index in [0.29, 0.717) is 23.4 Å². The first-order valence-electron chi connectivity index (χ1n) is 15.3. The molecule has 1 amide bonds. The van der Waals surface area contributed by atoms with Gasteiger partial charge in [-0.15, -0.1) is 0 Å². The predicted molar refractivity (Wildman–Crippen MR) is 167 cm³/mol. The average molecular weight is 614 g/mol. The lowest BCUT2D eigenvalue weighted by atomic mass is 9.55. The number of nitrogens with two attached hydrogens (primary N) is 2. The number of aliphatic hydroxyl groups excluding tert-OH is 2. The van der Waals surface area contributed by atoms with Crippen LogP contribution in [0.15, 0.2) is 23.0 Å². The van der Waals surface area contributed by atoms with E-state index < -0.39 is 57.7 Å². The Hall–Kier alpha value is -3.45.